The highest BCUT2D eigenvalue weighted by atomic mass is 32.1. The maximum absolute atomic E-state index is 12.2. The Labute approximate surface area is 125 Å². The van der Waals surface area contributed by atoms with Crippen LogP contribution in [-0.4, -0.2) is 34.8 Å². The number of nitrogens with one attached hydrogen (secondary N) is 1. The van der Waals surface area contributed by atoms with E-state index in [1.54, 1.807) is 28.7 Å². The van der Waals surface area contributed by atoms with Crippen LogP contribution in [0.25, 0.3) is 0 Å². The number of hydrogen-bond acceptors (Lipinski definition) is 5. The van der Waals surface area contributed by atoms with Gasteiger partial charge in [-0.15, -0.1) is 11.3 Å². The molecule has 6 nitrogen and oxygen atoms in total. The molecular weight excluding hydrogens is 290 g/mol. The number of rotatable bonds is 4. The number of aromatic nitrogens is 1. The van der Waals surface area contributed by atoms with Crippen LogP contribution in [0.2, 0.25) is 0 Å². The number of thiazole rings is 1. The van der Waals surface area contributed by atoms with E-state index in [2.05, 4.69) is 10.3 Å². The highest BCUT2D eigenvalue weighted by molar-refractivity contribution is 7.11. The minimum atomic E-state index is -0.303. The van der Waals surface area contributed by atoms with Gasteiger partial charge in [-0.2, -0.15) is 0 Å². The van der Waals surface area contributed by atoms with E-state index in [4.69, 9.17) is 4.42 Å². The lowest BCUT2D eigenvalue weighted by Crippen LogP contribution is -2.28. The zero-order chi connectivity index (χ0) is 14.7. The SMILES string of the molecule is O=C(NCc1ccco1)c1csc(C(=O)N2CCCC2)n1. The lowest BCUT2D eigenvalue weighted by Gasteiger charge is -2.12. The van der Waals surface area contributed by atoms with E-state index in [0.29, 0.717) is 17.3 Å². The summed E-state index contributed by atoms with van der Waals surface area (Å²) in [4.78, 5) is 30.0. The van der Waals surface area contributed by atoms with Crippen molar-refractivity contribution in [2.24, 2.45) is 0 Å². The maximum Gasteiger partial charge on any atom is 0.282 e. The van der Waals surface area contributed by atoms with Crippen LogP contribution in [0.15, 0.2) is 28.2 Å². The Bertz CT molecular complexity index is 630. The lowest BCUT2D eigenvalue weighted by atomic mass is 10.4. The first-order chi connectivity index (χ1) is 10.2. The summed E-state index contributed by atoms with van der Waals surface area (Å²) in [7, 11) is 0. The quantitative estimate of drug-likeness (QED) is 0.936. The summed E-state index contributed by atoms with van der Waals surface area (Å²) in [6, 6.07) is 3.54. The zero-order valence-electron chi connectivity index (χ0n) is 11.4. The summed E-state index contributed by atoms with van der Waals surface area (Å²) in [5.74, 6) is 0.289. The van der Waals surface area contributed by atoms with Gasteiger partial charge in [0, 0.05) is 18.5 Å². The number of nitrogens with zero attached hydrogens (tertiary/aromatic N) is 2. The normalized spacial score (nSPS) is 14.4. The van der Waals surface area contributed by atoms with Crippen molar-refractivity contribution >= 4 is 23.2 Å². The van der Waals surface area contributed by atoms with Crippen LogP contribution in [0.1, 0.15) is 38.9 Å². The third-order valence-corrected chi connectivity index (χ3v) is 4.15. The molecule has 3 heterocycles. The van der Waals surface area contributed by atoms with Crippen molar-refractivity contribution in [2.45, 2.75) is 19.4 Å². The van der Waals surface area contributed by atoms with E-state index in [1.165, 1.54) is 11.3 Å². The Morgan fingerprint density at radius 2 is 2.19 bits per heavy atom. The molecule has 1 saturated heterocycles. The van der Waals surface area contributed by atoms with Crippen LogP contribution in [0.4, 0.5) is 0 Å². The fraction of sp³-hybridized carbons (Fsp3) is 0.357. The van der Waals surface area contributed by atoms with Gasteiger partial charge in [0.2, 0.25) is 0 Å². The highest BCUT2D eigenvalue weighted by Gasteiger charge is 2.23. The Morgan fingerprint density at radius 1 is 1.38 bits per heavy atom. The van der Waals surface area contributed by atoms with E-state index in [9.17, 15) is 9.59 Å². The predicted molar refractivity (Wildman–Crippen MR) is 77.1 cm³/mol. The summed E-state index contributed by atoms with van der Waals surface area (Å²) in [5, 5.41) is 4.70. The van der Waals surface area contributed by atoms with Crippen LogP contribution in [0, 0.1) is 0 Å². The van der Waals surface area contributed by atoms with Gasteiger partial charge in [-0.3, -0.25) is 9.59 Å². The Kier molecular flexibility index (Phi) is 4.01. The fourth-order valence-electron chi connectivity index (χ4n) is 2.20. The number of furan rings is 1. The molecule has 2 aromatic heterocycles. The monoisotopic (exact) mass is 305 g/mol. The second kappa shape index (κ2) is 6.09. The van der Waals surface area contributed by atoms with Gasteiger partial charge in [-0.1, -0.05) is 0 Å². The van der Waals surface area contributed by atoms with Crippen molar-refractivity contribution in [1.82, 2.24) is 15.2 Å². The average Bonchev–Trinajstić information content (AvgIpc) is 3.26. The molecule has 0 radical (unpaired) electrons. The molecule has 0 spiro atoms. The zero-order valence-corrected chi connectivity index (χ0v) is 12.2. The van der Waals surface area contributed by atoms with Gasteiger partial charge in [0.1, 0.15) is 11.5 Å². The average molecular weight is 305 g/mol. The van der Waals surface area contributed by atoms with Crippen LogP contribution < -0.4 is 5.32 Å². The second-order valence-electron chi connectivity index (χ2n) is 4.80. The standard InChI is InChI=1S/C14H15N3O3S/c18-12(15-8-10-4-3-7-20-10)11-9-21-13(16-11)14(19)17-5-1-2-6-17/h3-4,7,9H,1-2,5-6,8H2,(H,15,18). The second-order valence-corrected chi connectivity index (χ2v) is 5.66. The van der Waals surface area contributed by atoms with Crippen molar-refractivity contribution < 1.29 is 14.0 Å². The first-order valence-electron chi connectivity index (χ1n) is 6.79. The number of amides is 2. The van der Waals surface area contributed by atoms with Crippen molar-refractivity contribution in [1.29, 1.82) is 0 Å². The van der Waals surface area contributed by atoms with Gasteiger partial charge in [0.05, 0.1) is 12.8 Å². The predicted octanol–water partition coefficient (Wildman–Crippen LogP) is 1.90. The van der Waals surface area contributed by atoms with E-state index < -0.39 is 0 Å². The molecule has 1 fully saturated rings. The van der Waals surface area contributed by atoms with Gasteiger partial charge in [-0.05, 0) is 25.0 Å². The van der Waals surface area contributed by atoms with Crippen molar-refractivity contribution in [3.05, 3.63) is 40.2 Å². The molecule has 110 valence electrons. The first-order valence-corrected chi connectivity index (χ1v) is 7.67. The molecule has 0 aromatic carbocycles. The number of hydrogen-bond donors (Lipinski definition) is 1. The van der Waals surface area contributed by atoms with Crippen LogP contribution in [0.3, 0.4) is 0 Å². The summed E-state index contributed by atoms with van der Waals surface area (Å²) >= 11 is 1.21. The molecule has 2 amide bonds. The van der Waals surface area contributed by atoms with Crippen LogP contribution in [-0.2, 0) is 6.54 Å². The van der Waals surface area contributed by atoms with Gasteiger partial charge in [-0.25, -0.2) is 4.98 Å². The molecule has 0 atom stereocenters. The van der Waals surface area contributed by atoms with Crippen LogP contribution >= 0.6 is 11.3 Å². The fourth-order valence-corrected chi connectivity index (χ4v) is 2.97. The first kappa shape index (κ1) is 13.8. The summed E-state index contributed by atoms with van der Waals surface area (Å²) < 4.78 is 5.14. The van der Waals surface area contributed by atoms with E-state index in [-0.39, 0.29) is 17.5 Å². The molecule has 3 rings (SSSR count). The maximum atomic E-state index is 12.2. The van der Waals surface area contributed by atoms with E-state index in [1.807, 2.05) is 0 Å². The number of carbonyl (C=O) groups is 2. The van der Waals surface area contributed by atoms with Crippen molar-refractivity contribution in [2.75, 3.05) is 13.1 Å². The third kappa shape index (κ3) is 3.13. The molecule has 1 N–H and O–H groups in total. The molecule has 0 saturated carbocycles. The van der Waals surface area contributed by atoms with Gasteiger partial charge in [0.15, 0.2) is 5.01 Å². The summed E-state index contributed by atoms with van der Waals surface area (Å²) in [6.45, 7) is 1.86. The number of likely N-dealkylation sites (tertiary alicyclic amines) is 1. The molecular formula is C14H15N3O3S. The van der Waals surface area contributed by atoms with Crippen molar-refractivity contribution in [3.63, 3.8) is 0 Å². The molecule has 0 aliphatic carbocycles. The Balaban J connectivity index is 1.61. The minimum absolute atomic E-state index is 0.0809. The summed E-state index contributed by atoms with van der Waals surface area (Å²) in [6.07, 6.45) is 3.62. The van der Waals surface area contributed by atoms with Gasteiger partial charge < -0.3 is 14.6 Å². The van der Waals surface area contributed by atoms with Gasteiger partial charge >= 0.3 is 0 Å². The molecule has 2 aromatic rings. The van der Waals surface area contributed by atoms with Crippen molar-refractivity contribution in [3.8, 4) is 0 Å². The Morgan fingerprint density at radius 3 is 2.90 bits per heavy atom. The molecule has 0 bridgehead atoms. The third-order valence-electron chi connectivity index (χ3n) is 3.32. The molecule has 1 aliphatic heterocycles. The van der Waals surface area contributed by atoms with Gasteiger partial charge in [0.25, 0.3) is 11.8 Å². The smallest absolute Gasteiger partial charge is 0.282 e. The van der Waals surface area contributed by atoms with E-state index >= 15 is 0 Å². The molecule has 7 heteroatoms. The Hall–Kier alpha value is -2.15. The largest absolute Gasteiger partial charge is 0.467 e. The van der Waals surface area contributed by atoms with Crippen LogP contribution in [0.5, 0.6) is 0 Å². The number of carbonyl (C=O) groups excluding carboxylic acids is 2. The molecule has 1 aliphatic rings. The molecule has 0 unspecified atom stereocenters. The highest BCUT2D eigenvalue weighted by Crippen LogP contribution is 2.16. The molecule has 21 heavy (non-hydrogen) atoms. The lowest BCUT2D eigenvalue weighted by molar-refractivity contribution is 0.0792. The minimum Gasteiger partial charge on any atom is -0.467 e. The summed E-state index contributed by atoms with van der Waals surface area (Å²) in [5.41, 5.74) is 0.272. The topological polar surface area (TPSA) is 75.4 Å². The van der Waals surface area contributed by atoms with E-state index in [0.717, 1.165) is 25.9 Å².